The zero-order chi connectivity index (χ0) is 11.4. The summed E-state index contributed by atoms with van der Waals surface area (Å²) in [6.07, 6.45) is 5.19. The quantitative estimate of drug-likeness (QED) is 0.796. The van der Waals surface area contributed by atoms with Crippen LogP contribution in [0.15, 0.2) is 41.6 Å². The zero-order valence-electron chi connectivity index (χ0n) is 8.84. The summed E-state index contributed by atoms with van der Waals surface area (Å²) in [5.41, 5.74) is 7.08. The van der Waals surface area contributed by atoms with Crippen molar-refractivity contribution in [1.29, 1.82) is 0 Å². The number of nitrogens with zero attached hydrogens (tertiary/aromatic N) is 2. The fraction of sp³-hybridized carbons (Fsp3) is 0.0909. The minimum atomic E-state index is 0.552. The van der Waals surface area contributed by atoms with E-state index in [0.717, 1.165) is 10.6 Å². The predicted molar refractivity (Wildman–Crippen MR) is 68.0 cm³/mol. The van der Waals surface area contributed by atoms with Crippen LogP contribution in [0.2, 0.25) is 0 Å². The van der Waals surface area contributed by atoms with Crippen LogP contribution >= 0.6 is 11.8 Å². The van der Waals surface area contributed by atoms with Crippen molar-refractivity contribution in [1.82, 2.24) is 9.97 Å². The molecule has 0 unspecified atom stereocenters. The first-order chi connectivity index (χ1) is 7.79. The molecule has 0 amide bonds. The van der Waals surface area contributed by atoms with Gasteiger partial charge in [0, 0.05) is 4.90 Å². The van der Waals surface area contributed by atoms with Crippen molar-refractivity contribution in [2.24, 2.45) is 0 Å². The van der Waals surface area contributed by atoms with E-state index in [1.807, 2.05) is 30.5 Å². The van der Waals surface area contributed by atoms with Gasteiger partial charge in [0.15, 0.2) is 0 Å². The van der Waals surface area contributed by atoms with Gasteiger partial charge in [0.2, 0.25) is 5.95 Å². The Kier molecular flexibility index (Phi) is 3.26. The number of aromatic nitrogens is 2. The van der Waals surface area contributed by atoms with E-state index in [1.165, 1.54) is 0 Å². The normalized spacial score (nSPS) is 10.1. The molecule has 0 saturated carbocycles. The summed E-state index contributed by atoms with van der Waals surface area (Å²) in [5, 5.41) is 3.15. The number of hydrogen-bond donors (Lipinski definition) is 2. The fourth-order valence-corrected chi connectivity index (χ4v) is 1.82. The summed E-state index contributed by atoms with van der Waals surface area (Å²) < 4.78 is 0. The van der Waals surface area contributed by atoms with Crippen molar-refractivity contribution in [3.05, 3.63) is 36.7 Å². The van der Waals surface area contributed by atoms with Gasteiger partial charge in [0.25, 0.3) is 0 Å². The molecule has 16 heavy (non-hydrogen) atoms. The van der Waals surface area contributed by atoms with Gasteiger partial charge in [-0.25, -0.2) is 9.97 Å². The molecule has 1 aromatic carbocycles. The molecule has 0 saturated heterocycles. The molecule has 82 valence electrons. The first kappa shape index (κ1) is 10.8. The molecule has 1 heterocycles. The Morgan fingerprint density at radius 1 is 1.19 bits per heavy atom. The molecule has 0 spiro atoms. The molecule has 3 N–H and O–H groups in total. The SMILES string of the molecule is CSc1ccccc1Nc1ncc(N)cn1. The predicted octanol–water partition coefficient (Wildman–Crippen LogP) is 2.52. The van der Waals surface area contributed by atoms with Gasteiger partial charge >= 0.3 is 0 Å². The Morgan fingerprint density at radius 2 is 1.88 bits per heavy atom. The molecule has 0 aliphatic carbocycles. The van der Waals surface area contributed by atoms with E-state index in [-0.39, 0.29) is 0 Å². The van der Waals surface area contributed by atoms with Gasteiger partial charge < -0.3 is 11.1 Å². The number of thioether (sulfide) groups is 1. The highest BCUT2D eigenvalue weighted by molar-refractivity contribution is 7.98. The summed E-state index contributed by atoms with van der Waals surface area (Å²) in [4.78, 5) is 9.34. The number of hydrogen-bond acceptors (Lipinski definition) is 5. The third kappa shape index (κ3) is 2.43. The van der Waals surface area contributed by atoms with Crippen LogP contribution in [0.1, 0.15) is 0 Å². The molecule has 2 rings (SSSR count). The van der Waals surface area contributed by atoms with Crippen molar-refractivity contribution in [2.45, 2.75) is 4.90 Å². The highest BCUT2D eigenvalue weighted by Gasteiger charge is 2.01. The minimum Gasteiger partial charge on any atom is -0.396 e. The second-order valence-electron chi connectivity index (χ2n) is 3.17. The molecule has 2 aromatic rings. The van der Waals surface area contributed by atoms with Gasteiger partial charge in [0.1, 0.15) is 0 Å². The van der Waals surface area contributed by atoms with Crippen LogP contribution in [-0.4, -0.2) is 16.2 Å². The molecular weight excluding hydrogens is 220 g/mol. The molecule has 0 radical (unpaired) electrons. The maximum Gasteiger partial charge on any atom is 0.227 e. The van der Waals surface area contributed by atoms with E-state index in [2.05, 4.69) is 15.3 Å². The molecule has 5 heteroatoms. The fourth-order valence-electron chi connectivity index (χ4n) is 1.27. The molecule has 0 aliphatic rings. The zero-order valence-corrected chi connectivity index (χ0v) is 9.66. The molecule has 0 aliphatic heterocycles. The van der Waals surface area contributed by atoms with Crippen molar-refractivity contribution >= 4 is 29.1 Å². The van der Waals surface area contributed by atoms with Crippen LogP contribution in [0.3, 0.4) is 0 Å². The van der Waals surface area contributed by atoms with Gasteiger partial charge in [0.05, 0.1) is 23.8 Å². The summed E-state index contributed by atoms with van der Waals surface area (Å²) >= 11 is 1.68. The molecule has 0 bridgehead atoms. The Morgan fingerprint density at radius 3 is 2.56 bits per heavy atom. The Hall–Kier alpha value is -1.75. The third-order valence-electron chi connectivity index (χ3n) is 2.03. The summed E-state index contributed by atoms with van der Waals surface area (Å²) in [7, 11) is 0. The van der Waals surface area contributed by atoms with Gasteiger partial charge in [-0.2, -0.15) is 0 Å². The van der Waals surface area contributed by atoms with Crippen LogP contribution in [0.5, 0.6) is 0 Å². The second kappa shape index (κ2) is 4.85. The number of anilines is 3. The summed E-state index contributed by atoms with van der Waals surface area (Å²) in [6, 6.07) is 8.01. The highest BCUT2D eigenvalue weighted by Crippen LogP contribution is 2.26. The smallest absolute Gasteiger partial charge is 0.227 e. The third-order valence-corrected chi connectivity index (χ3v) is 2.82. The van der Waals surface area contributed by atoms with Gasteiger partial charge in [-0.15, -0.1) is 11.8 Å². The number of nitrogens with two attached hydrogens (primary N) is 1. The molecule has 1 aromatic heterocycles. The van der Waals surface area contributed by atoms with Gasteiger partial charge in [-0.1, -0.05) is 12.1 Å². The summed E-state index contributed by atoms with van der Waals surface area (Å²) in [6.45, 7) is 0. The molecule has 0 fully saturated rings. The van der Waals surface area contributed by atoms with Crippen molar-refractivity contribution in [2.75, 3.05) is 17.3 Å². The lowest BCUT2D eigenvalue weighted by Crippen LogP contribution is -1.98. The maximum atomic E-state index is 5.52. The number of benzene rings is 1. The lowest BCUT2D eigenvalue weighted by molar-refractivity contribution is 1.16. The van der Waals surface area contributed by atoms with Crippen LogP contribution in [0.25, 0.3) is 0 Å². The minimum absolute atomic E-state index is 0.552. The van der Waals surface area contributed by atoms with E-state index in [9.17, 15) is 0 Å². The lowest BCUT2D eigenvalue weighted by atomic mass is 10.3. The maximum absolute atomic E-state index is 5.52. The highest BCUT2D eigenvalue weighted by atomic mass is 32.2. The average Bonchev–Trinajstić information content (AvgIpc) is 2.33. The lowest BCUT2D eigenvalue weighted by Gasteiger charge is -2.08. The number of rotatable bonds is 3. The largest absolute Gasteiger partial charge is 0.396 e. The van der Waals surface area contributed by atoms with Crippen molar-refractivity contribution < 1.29 is 0 Å². The van der Waals surface area contributed by atoms with E-state index in [4.69, 9.17) is 5.73 Å². The first-order valence-electron chi connectivity index (χ1n) is 4.77. The van der Waals surface area contributed by atoms with Crippen molar-refractivity contribution in [3.8, 4) is 0 Å². The average molecular weight is 232 g/mol. The van der Waals surface area contributed by atoms with E-state index >= 15 is 0 Å². The van der Waals surface area contributed by atoms with Crippen molar-refractivity contribution in [3.63, 3.8) is 0 Å². The van der Waals surface area contributed by atoms with E-state index in [0.29, 0.717) is 11.6 Å². The van der Waals surface area contributed by atoms with E-state index < -0.39 is 0 Å². The van der Waals surface area contributed by atoms with Gasteiger partial charge in [-0.05, 0) is 18.4 Å². The Bertz CT molecular complexity index is 470. The molecular formula is C11H12N4S. The van der Waals surface area contributed by atoms with Gasteiger partial charge in [-0.3, -0.25) is 0 Å². The topological polar surface area (TPSA) is 63.8 Å². The summed E-state index contributed by atoms with van der Waals surface area (Å²) in [5.74, 6) is 0.552. The number of nitrogens with one attached hydrogen (secondary N) is 1. The van der Waals surface area contributed by atoms with Crippen LogP contribution in [0.4, 0.5) is 17.3 Å². The first-order valence-corrected chi connectivity index (χ1v) is 5.99. The van der Waals surface area contributed by atoms with Crippen LogP contribution in [0, 0.1) is 0 Å². The monoisotopic (exact) mass is 232 g/mol. The Labute approximate surface area is 98.3 Å². The number of para-hydroxylation sites is 1. The molecule has 4 nitrogen and oxygen atoms in total. The number of nitrogen functional groups attached to an aromatic ring is 1. The van der Waals surface area contributed by atoms with Crippen LogP contribution < -0.4 is 11.1 Å². The second-order valence-corrected chi connectivity index (χ2v) is 4.01. The Balaban J connectivity index is 2.23. The molecule has 0 atom stereocenters. The van der Waals surface area contributed by atoms with E-state index in [1.54, 1.807) is 24.2 Å². The van der Waals surface area contributed by atoms with Crippen LogP contribution in [-0.2, 0) is 0 Å². The standard InChI is InChI=1S/C11H12N4S/c1-16-10-5-3-2-4-9(10)15-11-13-6-8(12)7-14-11/h2-7H,12H2,1H3,(H,13,14,15).